The van der Waals surface area contributed by atoms with Crippen LogP contribution in [0.25, 0.3) is 11.1 Å². The van der Waals surface area contributed by atoms with Crippen LogP contribution in [0.4, 0.5) is 11.5 Å². The van der Waals surface area contributed by atoms with Gasteiger partial charge in [0.25, 0.3) is 11.5 Å². The second kappa shape index (κ2) is 9.91. The molecule has 2 fully saturated rings. The highest BCUT2D eigenvalue weighted by atomic mass is 16.1. The molecular weight excluding hydrogens is 476 g/mol. The fraction of sp³-hybridized carbons (Fsp3) is 0.433. The van der Waals surface area contributed by atoms with Gasteiger partial charge in [-0.3, -0.25) is 9.59 Å². The molecule has 0 spiro atoms. The molecule has 198 valence electrons. The van der Waals surface area contributed by atoms with Crippen LogP contribution in [0.5, 0.6) is 0 Å². The van der Waals surface area contributed by atoms with Crippen molar-refractivity contribution in [3.05, 3.63) is 74.8 Å². The average molecular weight is 513 g/mol. The Morgan fingerprint density at radius 3 is 2.58 bits per heavy atom. The molecule has 8 nitrogen and oxygen atoms in total. The van der Waals surface area contributed by atoms with E-state index in [4.69, 9.17) is 4.98 Å². The van der Waals surface area contributed by atoms with Gasteiger partial charge in [-0.2, -0.15) is 0 Å². The summed E-state index contributed by atoms with van der Waals surface area (Å²) in [6.07, 6.45) is 4.33. The summed E-state index contributed by atoms with van der Waals surface area (Å²) < 4.78 is 0. The zero-order chi connectivity index (χ0) is 26.4. The number of pyridine rings is 2. The van der Waals surface area contributed by atoms with Gasteiger partial charge < -0.3 is 25.4 Å². The number of aryl methyl sites for hydroxylation is 2. The molecule has 0 bridgehead atoms. The number of amides is 1. The summed E-state index contributed by atoms with van der Waals surface area (Å²) in [6.45, 7) is 10.9. The Bertz CT molecular complexity index is 1420. The Morgan fingerprint density at radius 1 is 1.11 bits per heavy atom. The number of benzene rings is 1. The number of piperazine rings is 1. The highest BCUT2D eigenvalue weighted by Crippen LogP contribution is 2.46. The summed E-state index contributed by atoms with van der Waals surface area (Å²) in [7, 11) is 0. The smallest absolute Gasteiger partial charge is 0.253 e. The normalized spacial score (nSPS) is 19.0. The first-order valence-electron chi connectivity index (χ1n) is 13.7. The van der Waals surface area contributed by atoms with Crippen LogP contribution in [0, 0.1) is 13.8 Å². The van der Waals surface area contributed by atoms with Crippen LogP contribution >= 0.6 is 0 Å². The van der Waals surface area contributed by atoms with Gasteiger partial charge in [0.2, 0.25) is 0 Å². The molecule has 3 N–H and O–H groups in total. The van der Waals surface area contributed by atoms with Crippen LogP contribution in [0.2, 0.25) is 0 Å². The number of anilines is 2. The number of hydrogen-bond donors (Lipinski definition) is 3. The third-order valence-electron chi connectivity index (χ3n) is 8.10. The topological polar surface area (TPSA) is 93.4 Å². The zero-order valence-corrected chi connectivity index (χ0v) is 22.4. The molecular formula is C30H36N6O2. The second-order valence-electron chi connectivity index (χ2n) is 11.0. The van der Waals surface area contributed by atoms with E-state index in [1.807, 2.05) is 32.2 Å². The molecule has 6 rings (SSSR count). The van der Waals surface area contributed by atoms with Crippen molar-refractivity contribution in [3.63, 3.8) is 0 Å². The van der Waals surface area contributed by atoms with E-state index in [0.717, 1.165) is 72.2 Å². The van der Waals surface area contributed by atoms with Crippen molar-refractivity contribution in [2.45, 2.75) is 52.1 Å². The predicted octanol–water partition coefficient (Wildman–Crippen LogP) is 3.48. The zero-order valence-electron chi connectivity index (χ0n) is 22.4. The molecule has 3 aromatic rings. The lowest BCUT2D eigenvalue weighted by Gasteiger charge is -2.28. The van der Waals surface area contributed by atoms with Crippen LogP contribution < -0.4 is 26.0 Å². The second-order valence-corrected chi connectivity index (χ2v) is 11.0. The minimum absolute atomic E-state index is 0.141. The molecule has 1 saturated carbocycles. The Kier molecular flexibility index (Phi) is 6.43. The SMILES string of the molecule is Cc1cc(C)c(CNC(=O)c2cc(-c3ccc(N4CCNCC4)nc3)cc3c2C(C)CN3C2CC2)c(=O)[nH]1. The molecule has 1 saturated heterocycles. The van der Waals surface area contributed by atoms with Gasteiger partial charge >= 0.3 is 0 Å². The lowest BCUT2D eigenvalue weighted by molar-refractivity contribution is 0.0949. The first-order chi connectivity index (χ1) is 18.4. The van der Waals surface area contributed by atoms with E-state index < -0.39 is 0 Å². The summed E-state index contributed by atoms with van der Waals surface area (Å²) in [5.74, 6) is 1.11. The number of fused-ring (bicyclic) bond motifs is 1. The monoisotopic (exact) mass is 512 g/mol. The van der Waals surface area contributed by atoms with Crippen molar-refractivity contribution in [2.75, 3.05) is 42.5 Å². The number of nitrogens with zero attached hydrogens (tertiary/aromatic N) is 3. The predicted molar refractivity (Wildman–Crippen MR) is 151 cm³/mol. The Hall–Kier alpha value is -3.65. The maximum absolute atomic E-state index is 13.7. The van der Waals surface area contributed by atoms with Crippen molar-refractivity contribution in [1.82, 2.24) is 20.6 Å². The summed E-state index contributed by atoms with van der Waals surface area (Å²) >= 11 is 0. The highest BCUT2D eigenvalue weighted by molar-refractivity contribution is 6.00. The Morgan fingerprint density at radius 2 is 1.89 bits per heavy atom. The van der Waals surface area contributed by atoms with Gasteiger partial charge in [0.05, 0.1) is 0 Å². The van der Waals surface area contributed by atoms with Crippen LogP contribution in [0.15, 0.2) is 41.3 Å². The first-order valence-corrected chi connectivity index (χ1v) is 13.7. The molecule has 1 unspecified atom stereocenters. The molecule has 4 heterocycles. The Balaban J connectivity index is 1.33. The maximum Gasteiger partial charge on any atom is 0.253 e. The number of aromatic amines is 1. The van der Waals surface area contributed by atoms with E-state index in [1.165, 1.54) is 12.8 Å². The average Bonchev–Trinajstić information content (AvgIpc) is 3.71. The van der Waals surface area contributed by atoms with Gasteiger partial charge in [0, 0.05) is 85.5 Å². The molecule has 1 atom stereocenters. The number of carbonyl (C=O) groups excluding carboxylic acids is 1. The van der Waals surface area contributed by atoms with E-state index in [9.17, 15) is 9.59 Å². The molecule has 1 aliphatic carbocycles. The van der Waals surface area contributed by atoms with Crippen LogP contribution in [-0.2, 0) is 6.54 Å². The van der Waals surface area contributed by atoms with Crippen LogP contribution in [0.3, 0.4) is 0 Å². The number of H-pyrrole nitrogens is 1. The van der Waals surface area contributed by atoms with E-state index in [-0.39, 0.29) is 23.9 Å². The number of nitrogens with one attached hydrogen (secondary N) is 3. The fourth-order valence-corrected chi connectivity index (χ4v) is 5.97. The van der Waals surface area contributed by atoms with Gasteiger partial charge in [-0.15, -0.1) is 0 Å². The molecule has 0 radical (unpaired) electrons. The lowest BCUT2D eigenvalue weighted by Crippen LogP contribution is -2.43. The summed E-state index contributed by atoms with van der Waals surface area (Å²) in [4.78, 5) is 38.6. The molecule has 8 heteroatoms. The molecule has 2 aromatic heterocycles. The molecule has 3 aliphatic rings. The minimum atomic E-state index is -0.147. The summed E-state index contributed by atoms with van der Waals surface area (Å²) in [6, 6.07) is 10.9. The number of carbonyl (C=O) groups is 1. The van der Waals surface area contributed by atoms with Gasteiger partial charge in [-0.05, 0) is 73.7 Å². The molecule has 38 heavy (non-hydrogen) atoms. The first kappa shape index (κ1) is 24.7. The summed E-state index contributed by atoms with van der Waals surface area (Å²) in [5.41, 5.74) is 7.12. The van der Waals surface area contributed by atoms with Gasteiger partial charge in [0.15, 0.2) is 0 Å². The van der Waals surface area contributed by atoms with E-state index >= 15 is 0 Å². The van der Waals surface area contributed by atoms with E-state index in [2.05, 4.69) is 50.5 Å². The quantitative estimate of drug-likeness (QED) is 0.468. The minimum Gasteiger partial charge on any atom is -0.368 e. The van der Waals surface area contributed by atoms with Gasteiger partial charge in [0.1, 0.15) is 5.82 Å². The molecule has 1 aromatic carbocycles. The molecule has 2 aliphatic heterocycles. The molecule has 1 amide bonds. The third-order valence-corrected chi connectivity index (χ3v) is 8.10. The van der Waals surface area contributed by atoms with Crippen molar-refractivity contribution < 1.29 is 4.79 Å². The fourth-order valence-electron chi connectivity index (χ4n) is 5.97. The third kappa shape index (κ3) is 4.69. The van der Waals surface area contributed by atoms with E-state index in [1.54, 1.807) is 0 Å². The number of hydrogen-bond acceptors (Lipinski definition) is 6. The Labute approximate surface area is 223 Å². The largest absolute Gasteiger partial charge is 0.368 e. The van der Waals surface area contributed by atoms with Gasteiger partial charge in [-0.1, -0.05) is 6.92 Å². The van der Waals surface area contributed by atoms with Crippen molar-refractivity contribution in [3.8, 4) is 11.1 Å². The highest BCUT2D eigenvalue weighted by Gasteiger charge is 2.38. The standard InChI is InChI=1S/C30H36N6O2/c1-18-12-20(3)34-30(38)25(18)16-33-29(37)24-13-22(14-26-28(24)19(2)17-36(26)23-5-6-23)21-4-7-27(32-15-21)35-10-8-31-9-11-35/h4,7,12-15,19,23,31H,5-6,8-11,16-17H2,1-3H3,(H,33,37)(H,34,38). The van der Waals surface area contributed by atoms with Gasteiger partial charge in [-0.25, -0.2) is 4.98 Å². The van der Waals surface area contributed by atoms with E-state index in [0.29, 0.717) is 17.2 Å². The van der Waals surface area contributed by atoms with Crippen molar-refractivity contribution in [2.24, 2.45) is 0 Å². The maximum atomic E-state index is 13.7. The number of aromatic nitrogens is 2. The van der Waals surface area contributed by atoms with Crippen molar-refractivity contribution in [1.29, 1.82) is 0 Å². The van der Waals surface area contributed by atoms with Crippen molar-refractivity contribution >= 4 is 17.4 Å². The summed E-state index contributed by atoms with van der Waals surface area (Å²) in [5, 5.41) is 6.43. The van der Waals surface area contributed by atoms with Crippen LogP contribution in [-0.4, -0.2) is 54.6 Å². The van der Waals surface area contributed by atoms with Crippen LogP contribution in [0.1, 0.15) is 58.4 Å². The lowest BCUT2D eigenvalue weighted by atomic mass is 9.92. The number of rotatable bonds is 6.